The van der Waals surface area contributed by atoms with Crippen molar-refractivity contribution in [2.45, 2.75) is 32.0 Å². The van der Waals surface area contributed by atoms with Crippen molar-refractivity contribution in [3.8, 4) is 0 Å². The number of ether oxygens (including phenoxy) is 1. The van der Waals surface area contributed by atoms with Gasteiger partial charge in [0.2, 0.25) is 5.91 Å². The molecule has 1 N–H and O–H groups in total. The first-order valence-corrected chi connectivity index (χ1v) is 10.8. The first kappa shape index (κ1) is 20.1. The van der Waals surface area contributed by atoms with Gasteiger partial charge in [-0.25, -0.2) is 4.79 Å². The molecular formula is C24H25N5O3. The first-order chi connectivity index (χ1) is 15.6. The summed E-state index contributed by atoms with van der Waals surface area (Å²) in [7, 11) is 1.87. The Morgan fingerprint density at radius 2 is 1.91 bits per heavy atom. The van der Waals surface area contributed by atoms with E-state index in [1.807, 2.05) is 61.6 Å². The molecule has 1 saturated heterocycles. The molecule has 8 heteroatoms. The maximum absolute atomic E-state index is 13.7. The Kier molecular flexibility index (Phi) is 5.26. The maximum atomic E-state index is 13.7. The molecular weight excluding hydrogens is 406 g/mol. The van der Waals surface area contributed by atoms with Crippen molar-refractivity contribution >= 4 is 29.2 Å². The number of hydrogen-bond acceptors (Lipinski definition) is 5. The summed E-state index contributed by atoms with van der Waals surface area (Å²) in [4.78, 5) is 29.9. The van der Waals surface area contributed by atoms with Crippen LogP contribution in [0.5, 0.6) is 0 Å². The number of likely N-dealkylation sites (tertiary alicyclic amines) is 1. The number of benzene rings is 2. The van der Waals surface area contributed by atoms with Crippen LogP contribution in [0.25, 0.3) is 0 Å². The first-order valence-electron chi connectivity index (χ1n) is 10.8. The van der Waals surface area contributed by atoms with Crippen LogP contribution in [0.2, 0.25) is 0 Å². The van der Waals surface area contributed by atoms with Crippen molar-refractivity contribution in [3.63, 3.8) is 0 Å². The Morgan fingerprint density at radius 1 is 1.12 bits per heavy atom. The lowest BCUT2D eigenvalue weighted by Gasteiger charge is -2.29. The van der Waals surface area contributed by atoms with E-state index in [0.717, 1.165) is 34.7 Å². The highest BCUT2D eigenvalue weighted by atomic mass is 16.6. The number of anilines is 3. The van der Waals surface area contributed by atoms with Crippen molar-refractivity contribution in [2.75, 3.05) is 16.8 Å². The van der Waals surface area contributed by atoms with Crippen LogP contribution in [0.3, 0.4) is 0 Å². The van der Waals surface area contributed by atoms with Gasteiger partial charge < -0.3 is 15.0 Å². The van der Waals surface area contributed by atoms with Gasteiger partial charge in [-0.3, -0.25) is 14.4 Å². The maximum Gasteiger partial charge on any atom is 0.410 e. The van der Waals surface area contributed by atoms with Crippen LogP contribution in [0, 0.1) is 0 Å². The molecule has 5 rings (SSSR count). The number of nitrogens with one attached hydrogen (secondary N) is 1. The van der Waals surface area contributed by atoms with Crippen LogP contribution in [-0.4, -0.2) is 39.3 Å². The fourth-order valence-electron chi connectivity index (χ4n) is 4.38. The molecule has 1 unspecified atom stereocenters. The van der Waals surface area contributed by atoms with Gasteiger partial charge in [-0.2, -0.15) is 5.10 Å². The number of aromatic nitrogens is 2. The van der Waals surface area contributed by atoms with Gasteiger partial charge in [-0.05, 0) is 30.5 Å². The molecule has 0 aliphatic carbocycles. The van der Waals surface area contributed by atoms with Gasteiger partial charge in [0.15, 0.2) is 0 Å². The highest BCUT2D eigenvalue weighted by molar-refractivity contribution is 6.02. The molecule has 1 atom stereocenters. The third kappa shape index (κ3) is 3.68. The van der Waals surface area contributed by atoms with Crippen molar-refractivity contribution in [1.29, 1.82) is 0 Å². The van der Waals surface area contributed by atoms with Crippen molar-refractivity contribution < 1.29 is 14.3 Å². The van der Waals surface area contributed by atoms with Gasteiger partial charge in [0, 0.05) is 19.2 Å². The van der Waals surface area contributed by atoms with E-state index >= 15 is 0 Å². The number of carbonyl (C=O) groups excluding carboxylic acids is 2. The van der Waals surface area contributed by atoms with Gasteiger partial charge in [0.05, 0.1) is 24.1 Å². The number of nitrogens with zero attached hydrogens (tertiary/aromatic N) is 4. The van der Waals surface area contributed by atoms with E-state index in [0.29, 0.717) is 19.5 Å². The van der Waals surface area contributed by atoms with Crippen LogP contribution < -0.4 is 10.2 Å². The zero-order valence-electron chi connectivity index (χ0n) is 17.9. The minimum Gasteiger partial charge on any atom is -0.445 e. The largest absolute Gasteiger partial charge is 0.445 e. The number of fused-ring (bicyclic) bond motifs is 2. The summed E-state index contributed by atoms with van der Waals surface area (Å²) in [5.41, 5.74) is 3.46. The van der Waals surface area contributed by atoms with Crippen LogP contribution in [0.1, 0.15) is 24.0 Å². The Hall–Kier alpha value is -3.81. The summed E-state index contributed by atoms with van der Waals surface area (Å²) in [6.45, 7) is 1.08. The summed E-state index contributed by atoms with van der Waals surface area (Å²) in [5, 5.41) is 7.73. The minimum atomic E-state index is -0.551. The third-order valence-electron chi connectivity index (χ3n) is 6.03. The number of amides is 2. The van der Waals surface area contributed by atoms with Gasteiger partial charge >= 0.3 is 6.09 Å². The van der Waals surface area contributed by atoms with E-state index in [-0.39, 0.29) is 12.5 Å². The van der Waals surface area contributed by atoms with Crippen LogP contribution in [0.15, 0.2) is 60.8 Å². The lowest BCUT2D eigenvalue weighted by Crippen LogP contribution is -2.47. The summed E-state index contributed by atoms with van der Waals surface area (Å²) >= 11 is 0. The lowest BCUT2D eigenvalue weighted by molar-refractivity contribution is -0.122. The molecule has 2 aliphatic rings. The predicted molar refractivity (Wildman–Crippen MR) is 120 cm³/mol. The molecule has 3 heterocycles. The molecule has 164 valence electrons. The SMILES string of the molecule is Cn1ncc2c1Nc1ccccc1N(C(=O)C1CCCN1C(=O)OCc1ccccc1)C2. The van der Waals surface area contributed by atoms with E-state index in [1.165, 1.54) is 0 Å². The van der Waals surface area contributed by atoms with Gasteiger partial charge in [0.25, 0.3) is 0 Å². The van der Waals surface area contributed by atoms with Crippen LogP contribution in [0.4, 0.5) is 22.0 Å². The van der Waals surface area contributed by atoms with E-state index in [4.69, 9.17) is 4.74 Å². The molecule has 0 spiro atoms. The normalized spacial score (nSPS) is 17.2. The van der Waals surface area contributed by atoms with Crippen LogP contribution >= 0.6 is 0 Å². The zero-order chi connectivity index (χ0) is 22.1. The molecule has 32 heavy (non-hydrogen) atoms. The van der Waals surface area contributed by atoms with Crippen molar-refractivity contribution in [1.82, 2.24) is 14.7 Å². The second-order valence-electron chi connectivity index (χ2n) is 8.10. The number of hydrogen-bond donors (Lipinski definition) is 1. The quantitative estimate of drug-likeness (QED) is 0.682. The molecule has 0 saturated carbocycles. The van der Waals surface area contributed by atoms with Crippen LogP contribution in [-0.2, 0) is 29.7 Å². The second-order valence-corrected chi connectivity index (χ2v) is 8.10. The second kappa shape index (κ2) is 8.37. The summed E-state index contributed by atoms with van der Waals surface area (Å²) in [6, 6.07) is 16.7. The molecule has 1 fully saturated rings. The highest BCUT2D eigenvalue weighted by Gasteiger charge is 2.39. The van der Waals surface area contributed by atoms with Gasteiger partial charge in [-0.1, -0.05) is 42.5 Å². The summed E-state index contributed by atoms with van der Waals surface area (Å²) in [5.74, 6) is 0.753. The Labute approximate surface area is 186 Å². The lowest BCUT2D eigenvalue weighted by atomic mass is 10.1. The van der Waals surface area contributed by atoms with Gasteiger partial charge in [0.1, 0.15) is 18.5 Å². The molecule has 2 aliphatic heterocycles. The van der Waals surface area contributed by atoms with Crippen molar-refractivity contribution in [2.24, 2.45) is 7.05 Å². The van der Waals surface area contributed by atoms with E-state index in [2.05, 4.69) is 10.4 Å². The van der Waals surface area contributed by atoms with Gasteiger partial charge in [-0.15, -0.1) is 0 Å². The van der Waals surface area contributed by atoms with E-state index in [9.17, 15) is 9.59 Å². The Morgan fingerprint density at radius 3 is 2.75 bits per heavy atom. The molecule has 8 nitrogen and oxygen atoms in total. The number of rotatable bonds is 3. The number of carbonyl (C=O) groups is 2. The number of aryl methyl sites for hydroxylation is 1. The Bertz CT molecular complexity index is 1140. The topological polar surface area (TPSA) is 79.7 Å². The predicted octanol–water partition coefficient (Wildman–Crippen LogP) is 3.81. The third-order valence-corrected chi connectivity index (χ3v) is 6.03. The fourth-order valence-corrected chi connectivity index (χ4v) is 4.38. The molecule has 2 aromatic carbocycles. The van der Waals surface area contributed by atoms with E-state index in [1.54, 1.807) is 20.7 Å². The molecule has 3 aromatic rings. The molecule has 0 radical (unpaired) electrons. The van der Waals surface area contributed by atoms with E-state index < -0.39 is 12.1 Å². The average Bonchev–Trinajstić information content (AvgIpc) is 3.40. The summed E-state index contributed by atoms with van der Waals surface area (Å²) < 4.78 is 7.29. The summed E-state index contributed by atoms with van der Waals surface area (Å²) in [6.07, 6.45) is 2.70. The number of para-hydroxylation sites is 2. The zero-order valence-corrected chi connectivity index (χ0v) is 17.9. The smallest absolute Gasteiger partial charge is 0.410 e. The van der Waals surface area contributed by atoms with Crippen molar-refractivity contribution in [3.05, 3.63) is 71.9 Å². The Balaban J connectivity index is 1.38. The fraction of sp³-hybridized carbons (Fsp3) is 0.292. The standard InChI is InChI=1S/C24H25N5O3/c1-27-22-18(14-25-27)15-29(20-11-6-5-10-19(20)26-22)23(30)21-12-7-13-28(21)24(31)32-16-17-8-3-2-4-9-17/h2-6,8-11,14,21,26H,7,12-13,15-16H2,1H3. The molecule has 1 aromatic heterocycles. The monoisotopic (exact) mass is 431 g/mol. The average molecular weight is 431 g/mol. The minimum absolute atomic E-state index is 0.106. The molecule has 0 bridgehead atoms. The highest BCUT2D eigenvalue weighted by Crippen LogP contribution is 2.36. The molecule has 2 amide bonds.